The van der Waals surface area contributed by atoms with Crippen LogP contribution in [0.3, 0.4) is 0 Å². The van der Waals surface area contributed by atoms with Crippen molar-refractivity contribution in [3.63, 3.8) is 0 Å². The van der Waals surface area contributed by atoms with Crippen LogP contribution in [0.4, 0.5) is 23.0 Å². The van der Waals surface area contributed by atoms with Gasteiger partial charge >= 0.3 is 0 Å². The number of aryl methyl sites for hydroxylation is 1. The predicted octanol–water partition coefficient (Wildman–Crippen LogP) is 8.52. The van der Waals surface area contributed by atoms with Crippen molar-refractivity contribution in [1.29, 1.82) is 0 Å². The Morgan fingerprint density at radius 2 is 1.96 bits per heavy atom. The van der Waals surface area contributed by atoms with Gasteiger partial charge in [-0.2, -0.15) is 0 Å². The Bertz CT molecular complexity index is 1630. The SMILES string of the molecule is C=CC(=O)Nc1cc(Nc2ncc(C=CCCC)c(C(=CC)c3cccc4c3CC(CC)CCC4)n2)c(OC)cc1N(C)CCN(C)C. The van der Waals surface area contributed by atoms with Crippen molar-refractivity contribution in [1.82, 2.24) is 14.9 Å². The fraction of sp³-hybridized carbons (Fsp3) is 0.425. The molecule has 3 aromatic rings. The summed E-state index contributed by atoms with van der Waals surface area (Å²) in [6.45, 7) is 11.8. The minimum absolute atomic E-state index is 0.292. The van der Waals surface area contributed by atoms with Gasteiger partial charge in [0.1, 0.15) is 5.75 Å². The first-order valence-corrected chi connectivity index (χ1v) is 17.3. The average molecular weight is 651 g/mol. The second-order valence-electron chi connectivity index (χ2n) is 12.8. The minimum atomic E-state index is -0.292. The maximum atomic E-state index is 12.5. The van der Waals surface area contributed by atoms with Crippen molar-refractivity contribution in [3.05, 3.63) is 89.3 Å². The maximum absolute atomic E-state index is 12.5. The van der Waals surface area contributed by atoms with Crippen molar-refractivity contribution < 1.29 is 9.53 Å². The molecule has 0 spiro atoms. The number of hydrogen-bond donors (Lipinski definition) is 2. The van der Waals surface area contributed by atoms with Crippen LogP contribution in [0.2, 0.25) is 0 Å². The van der Waals surface area contributed by atoms with Gasteiger partial charge in [-0.15, -0.1) is 0 Å². The zero-order valence-corrected chi connectivity index (χ0v) is 30.0. The largest absolute Gasteiger partial charge is 0.494 e. The lowest BCUT2D eigenvalue weighted by atomic mass is 9.87. The Balaban J connectivity index is 1.81. The van der Waals surface area contributed by atoms with Crippen molar-refractivity contribution in [3.8, 4) is 5.75 Å². The van der Waals surface area contributed by atoms with E-state index in [9.17, 15) is 4.79 Å². The van der Waals surface area contributed by atoms with E-state index in [0.717, 1.165) is 61.3 Å². The molecular formula is C40H54N6O2. The third kappa shape index (κ3) is 9.13. The highest BCUT2D eigenvalue weighted by molar-refractivity contribution is 6.02. The van der Waals surface area contributed by atoms with Gasteiger partial charge in [0, 0.05) is 43.5 Å². The fourth-order valence-corrected chi connectivity index (χ4v) is 6.29. The molecule has 4 rings (SSSR count). The Morgan fingerprint density at radius 1 is 1.15 bits per heavy atom. The molecule has 1 aromatic heterocycles. The molecule has 2 aromatic carbocycles. The van der Waals surface area contributed by atoms with Gasteiger partial charge in [-0.1, -0.05) is 69.7 Å². The van der Waals surface area contributed by atoms with E-state index < -0.39 is 0 Å². The van der Waals surface area contributed by atoms with E-state index >= 15 is 0 Å². The summed E-state index contributed by atoms with van der Waals surface area (Å²) in [7, 11) is 7.72. The number of anilines is 4. The minimum Gasteiger partial charge on any atom is -0.494 e. The summed E-state index contributed by atoms with van der Waals surface area (Å²) < 4.78 is 5.86. The van der Waals surface area contributed by atoms with E-state index in [0.29, 0.717) is 29.0 Å². The number of rotatable bonds is 15. The molecule has 8 nitrogen and oxygen atoms in total. The van der Waals surface area contributed by atoms with Crippen LogP contribution in [0.5, 0.6) is 5.75 Å². The molecule has 0 bridgehead atoms. The van der Waals surface area contributed by atoms with Gasteiger partial charge in [0.15, 0.2) is 0 Å². The molecule has 1 aliphatic rings. The molecule has 0 fully saturated rings. The average Bonchev–Trinajstić information content (AvgIpc) is 3.31. The Kier molecular flexibility index (Phi) is 13.4. The molecule has 0 saturated carbocycles. The normalized spacial score (nSPS) is 14.8. The first-order chi connectivity index (χ1) is 23.2. The van der Waals surface area contributed by atoms with Gasteiger partial charge in [-0.3, -0.25) is 4.79 Å². The number of benzene rings is 2. The summed E-state index contributed by atoms with van der Waals surface area (Å²) in [5.74, 6) is 1.45. The highest BCUT2D eigenvalue weighted by atomic mass is 16.5. The van der Waals surface area contributed by atoms with Crippen LogP contribution < -0.4 is 20.3 Å². The molecule has 1 aliphatic carbocycles. The zero-order valence-electron chi connectivity index (χ0n) is 30.0. The molecule has 8 heteroatoms. The molecular weight excluding hydrogens is 596 g/mol. The van der Waals surface area contributed by atoms with Crippen LogP contribution in [-0.4, -0.2) is 62.1 Å². The zero-order chi connectivity index (χ0) is 34.6. The van der Waals surface area contributed by atoms with Gasteiger partial charge in [-0.25, -0.2) is 9.97 Å². The second kappa shape index (κ2) is 17.6. The van der Waals surface area contributed by atoms with E-state index in [2.05, 4.69) is 84.2 Å². The van der Waals surface area contributed by atoms with Gasteiger partial charge < -0.3 is 25.2 Å². The summed E-state index contributed by atoms with van der Waals surface area (Å²) in [5, 5.41) is 6.40. The number of nitrogens with zero attached hydrogens (tertiary/aromatic N) is 4. The van der Waals surface area contributed by atoms with Crippen molar-refractivity contribution in [2.45, 2.75) is 65.7 Å². The van der Waals surface area contributed by atoms with Crippen LogP contribution >= 0.6 is 0 Å². The number of carbonyl (C=O) groups excluding carboxylic acids is 1. The van der Waals surface area contributed by atoms with Crippen LogP contribution in [0.1, 0.15) is 80.8 Å². The Labute approximate surface area is 288 Å². The molecule has 1 amide bonds. The summed E-state index contributed by atoms with van der Waals surface area (Å²) in [6.07, 6.45) is 17.6. The first-order valence-electron chi connectivity index (χ1n) is 17.3. The third-order valence-electron chi connectivity index (χ3n) is 9.11. The quantitative estimate of drug-likeness (QED) is 0.126. The third-order valence-corrected chi connectivity index (χ3v) is 9.11. The van der Waals surface area contributed by atoms with Crippen LogP contribution in [0.25, 0.3) is 11.6 Å². The van der Waals surface area contributed by atoms with Crippen molar-refractivity contribution in [2.75, 3.05) is 56.9 Å². The topological polar surface area (TPSA) is 82.6 Å². The number of ether oxygens (including phenoxy) is 1. The standard InChI is InChI=1S/C40H54N6O2/c1-9-13-14-18-30-27-41-40(44-39(30)31(11-3)32-21-16-20-29-19-15-17-28(10-2)24-33(29)32)43-35-25-34(42-38(47)12-4)36(26-37(35)48-8)46(7)23-22-45(5)6/h11-12,14,16,18,20-21,25-28H,4,9-10,13,15,17,19,22-24H2,1-3,5-8H3,(H,42,47)(H,41,43,44). The number of methoxy groups -OCH3 is 1. The van der Waals surface area contributed by atoms with Gasteiger partial charge in [0.25, 0.3) is 0 Å². The number of fused-ring (bicyclic) bond motifs is 1. The lowest BCUT2D eigenvalue weighted by Gasteiger charge is -2.26. The van der Waals surface area contributed by atoms with Crippen LogP contribution in [0, 0.1) is 5.92 Å². The number of likely N-dealkylation sites (N-methyl/N-ethyl adjacent to an activating group) is 2. The molecule has 1 atom stereocenters. The monoisotopic (exact) mass is 650 g/mol. The van der Waals surface area contributed by atoms with Crippen molar-refractivity contribution in [2.24, 2.45) is 5.92 Å². The van der Waals surface area contributed by atoms with Gasteiger partial charge in [0.05, 0.1) is 29.9 Å². The Morgan fingerprint density at radius 3 is 2.65 bits per heavy atom. The number of carbonyl (C=O) groups is 1. The molecule has 0 saturated heterocycles. The predicted molar refractivity (Wildman–Crippen MR) is 203 cm³/mol. The molecule has 48 heavy (non-hydrogen) atoms. The van der Waals surface area contributed by atoms with E-state index in [-0.39, 0.29) is 5.91 Å². The number of allylic oxidation sites excluding steroid dienone is 2. The highest BCUT2D eigenvalue weighted by Crippen LogP contribution is 2.39. The number of aromatic nitrogens is 2. The fourth-order valence-electron chi connectivity index (χ4n) is 6.29. The summed E-state index contributed by atoms with van der Waals surface area (Å²) in [4.78, 5) is 26.7. The van der Waals surface area contributed by atoms with Gasteiger partial charge in [-0.05, 0) is 87.9 Å². The van der Waals surface area contributed by atoms with E-state index in [1.54, 1.807) is 7.11 Å². The molecule has 0 aliphatic heterocycles. The molecule has 1 heterocycles. The van der Waals surface area contributed by atoms with E-state index in [4.69, 9.17) is 14.7 Å². The highest BCUT2D eigenvalue weighted by Gasteiger charge is 2.23. The van der Waals surface area contributed by atoms with Crippen LogP contribution in [-0.2, 0) is 17.6 Å². The summed E-state index contributed by atoms with van der Waals surface area (Å²) >= 11 is 0. The van der Waals surface area contributed by atoms with E-state index in [1.165, 1.54) is 42.0 Å². The lowest BCUT2D eigenvalue weighted by Crippen LogP contribution is -2.29. The maximum Gasteiger partial charge on any atom is 0.247 e. The summed E-state index contributed by atoms with van der Waals surface area (Å²) in [5.41, 5.74) is 9.22. The van der Waals surface area contributed by atoms with E-state index in [1.807, 2.05) is 39.5 Å². The molecule has 0 radical (unpaired) electrons. The van der Waals surface area contributed by atoms with Gasteiger partial charge in [0.2, 0.25) is 11.9 Å². The number of nitrogens with one attached hydrogen (secondary N) is 2. The number of unbranched alkanes of at least 4 members (excludes halogenated alkanes) is 1. The Hall–Kier alpha value is -4.43. The van der Waals surface area contributed by atoms with Crippen LogP contribution in [0.15, 0.2) is 61.3 Å². The molecule has 2 N–H and O–H groups in total. The number of hydrogen-bond acceptors (Lipinski definition) is 7. The smallest absolute Gasteiger partial charge is 0.247 e. The van der Waals surface area contributed by atoms with Crippen molar-refractivity contribution >= 4 is 40.6 Å². The first kappa shape index (κ1) is 36.4. The summed E-state index contributed by atoms with van der Waals surface area (Å²) in [6, 6.07) is 10.6. The number of amides is 1. The second-order valence-corrected chi connectivity index (χ2v) is 12.8. The molecule has 1 unspecified atom stereocenters. The molecule has 256 valence electrons. The lowest BCUT2D eigenvalue weighted by molar-refractivity contribution is -0.111.